The lowest BCUT2D eigenvalue weighted by Gasteiger charge is -2.07. The normalized spacial score (nSPS) is 11.6. The van der Waals surface area contributed by atoms with Crippen LogP contribution < -0.4 is 0 Å². The fourth-order valence-electron chi connectivity index (χ4n) is 0.834. The number of carbonyl (C=O) groups excluding carboxylic acids is 1. The van der Waals surface area contributed by atoms with Crippen LogP contribution in [0.15, 0.2) is 12.2 Å². The molecule has 0 heterocycles. The summed E-state index contributed by atoms with van der Waals surface area (Å²) in [7, 11) is 0. The van der Waals surface area contributed by atoms with Crippen LogP contribution in [0.2, 0.25) is 0 Å². The Morgan fingerprint density at radius 2 is 1.88 bits per heavy atom. The zero-order chi connectivity index (χ0) is 13.1. The van der Waals surface area contributed by atoms with Crippen molar-refractivity contribution in [2.75, 3.05) is 33.0 Å². The Hall–Kier alpha value is -1.38. The van der Waals surface area contributed by atoms with Crippen LogP contribution in [0.4, 0.5) is 0 Å². The fraction of sp³-hybridized carbons (Fsp3) is 0.667. The van der Waals surface area contributed by atoms with E-state index in [-0.39, 0.29) is 12.5 Å². The van der Waals surface area contributed by atoms with Crippen molar-refractivity contribution in [1.82, 2.24) is 0 Å². The molecule has 17 heavy (non-hydrogen) atoms. The maximum atomic E-state index is 11.0. The van der Waals surface area contributed by atoms with Crippen molar-refractivity contribution in [3.8, 4) is 6.07 Å². The van der Waals surface area contributed by atoms with E-state index in [4.69, 9.17) is 19.5 Å². The molecule has 0 aromatic rings. The molecule has 0 aliphatic heterocycles. The van der Waals surface area contributed by atoms with Crippen molar-refractivity contribution in [1.29, 1.82) is 5.26 Å². The van der Waals surface area contributed by atoms with Crippen LogP contribution in [-0.4, -0.2) is 39.0 Å². The molecule has 0 aliphatic rings. The van der Waals surface area contributed by atoms with Gasteiger partial charge in [0.25, 0.3) is 0 Å². The molecule has 5 nitrogen and oxygen atoms in total. The number of carbonyl (C=O) groups is 1. The lowest BCUT2D eigenvalue weighted by atomic mass is 10.2. The first kappa shape index (κ1) is 15.6. The minimum atomic E-state index is -0.410. The Balaban J connectivity index is 3.22. The van der Waals surface area contributed by atoms with Gasteiger partial charge in [0.15, 0.2) is 0 Å². The molecule has 0 saturated carbocycles. The summed E-state index contributed by atoms with van der Waals surface area (Å²) < 4.78 is 15.2. The molecule has 0 radical (unpaired) electrons. The van der Waals surface area contributed by atoms with Crippen LogP contribution in [0.25, 0.3) is 0 Å². The lowest BCUT2D eigenvalue weighted by molar-refractivity contribution is -0.140. The van der Waals surface area contributed by atoms with Gasteiger partial charge in [0.1, 0.15) is 6.61 Å². The van der Waals surface area contributed by atoms with E-state index in [0.717, 1.165) is 0 Å². The van der Waals surface area contributed by atoms with Gasteiger partial charge >= 0.3 is 5.97 Å². The molecule has 0 amide bonds. The number of ether oxygens (including phenoxy) is 3. The van der Waals surface area contributed by atoms with Crippen molar-refractivity contribution in [3.05, 3.63) is 12.2 Å². The van der Waals surface area contributed by atoms with Crippen molar-refractivity contribution in [2.45, 2.75) is 13.8 Å². The van der Waals surface area contributed by atoms with E-state index in [9.17, 15) is 4.79 Å². The Morgan fingerprint density at radius 3 is 2.47 bits per heavy atom. The first-order valence-corrected chi connectivity index (χ1v) is 5.45. The SMILES string of the molecule is C=C(C)C(=O)OCCOCCOCC(C)C#N. The molecule has 0 fully saturated rings. The standard InChI is InChI=1S/C12H19NO4/c1-10(2)12(14)17-7-6-15-4-5-16-9-11(3)8-13/h11H,1,4-7,9H2,2-3H3. The molecule has 1 atom stereocenters. The number of hydrogen-bond acceptors (Lipinski definition) is 5. The second kappa shape index (κ2) is 9.82. The topological polar surface area (TPSA) is 68.6 Å². The minimum Gasteiger partial charge on any atom is -0.460 e. The van der Waals surface area contributed by atoms with Gasteiger partial charge in [-0.1, -0.05) is 6.58 Å². The van der Waals surface area contributed by atoms with Gasteiger partial charge in [-0.05, 0) is 13.8 Å². The summed E-state index contributed by atoms with van der Waals surface area (Å²) in [6.45, 7) is 8.63. The fourth-order valence-corrected chi connectivity index (χ4v) is 0.834. The number of nitrogens with zero attached hydrogens (tertiary/aromatic N) is 1. The summed E-state index contributed by atoms with van der Waals surface area (Å²) in [5.41, 5.74) is 0.374. The van der Waals surface area contributed by atoms with Gasteiger partial charge in [-0.2, -0.15) is 5.26 Å². The molecule has 0 saturated heterocycles. The molecule has 0 aliphatic carbocycles. The molecule has 5 heteroatoms. The zero-order valence-electron chi connectivity index (χ0n) is 10.4. The number of nitriles is 1. The van der Waals surface area contributed by atoms with E-state index in [1.807, 2.05) is 0 Å². The van der Waals surface area contributed by atoms with Crippen molar-refractivity contribution in [2.24, 2.45) is 5.92 Å². The summed E-state index contributed by atoms with van der Waals surface area (Å²) in [5.74, 6) is -0.515. The van der Waals surface area contributed by atoms with Gasteiger partial charge in [-0.25, -0.2) is 4.79 Å². The maximum absolute atomic E-state index is 11.0. The predicted molar refractivity (Wildman–Crippen MR) is 62.2 cm³/mol. The molecule has 0 rings (SSSR count). The summed E-state index contributed by atoms with van der Waals surface area (Å²) >= 11 is 0. The first-order valence-electron chi connectivity index (χ1n) is 5.45. The van der Waals surface area contributed by atoms with E-state index in [0.29, 0.717) is 32.0 Å². The average Bonchev–Trinajstić information content (AvgIpc) is 2.31. The predicted octanol–water partition coefficient (Wildman–Crippen LogP) is 1.30. The van der Waals surface area contributed by atoms with Gasteiger partial charge in [0.05, 0.1) is 38.4 Å². The summed E-state index contributed by atoms with van der Waals surface area (Å²) in [6, 6.07) is 2.07. The average molecular weight is 241 g/mol. The smallest absolute Gasteiger partial charge is 0.333 e. The van der Waals surface area contributed by atoms with Crippen molar-refractivity contribution >= 4 is 5.97 Å². The molecular formula is C12H19NO4. The summed E-state index contributed by atoms with van der Waals surface area (Å²) in [4.78, 5) is 11.0. The largest absolute Gasteiger partial charge is 0.460 e. The molecule has 0 spiro atoms. The second-order valence-electron chi connectivity index (χ2n) is 3.63. The third kappa shape index (κ3) is 9.54. The van der Waals surface area contributed by atoms with Crippen LogP contribution in [0.1, 0.15) is 13.8 Å². The Morgan fingerprint density at radius 1 is 1.29 bits per heavy atom. The molecular weight excluding hydrogens is 222 g/mol. The van der Waals surface area contributed by atoms with Gasteiger partial charge in [0, 0.05) is 5.57 Å². The van der Waals surface area contributed by atoms with E-state index < -0.39 is 5.97 Å². The van der Waals surface area contributed by atoms with Crippen LogP contribution in [0, 0.1) is 17.2 Å². The first-order chi connectivity index (χ1) is 8.07. The minimum absolute atomic E-state index is 0.105. The highest BCUT2D eigenvalue weighted by molar-refractivity contribution is 5.86. The molecule has 96 valence electrons. The van der Waals surface area contributed by atoms with Crippen LogP contribution in [-0.2, 0) is 19.0 Å². The number of rotatable bonds is 9. The van der Waals surface area contributed by atoms with E-state index >= 15 is 0 Å². The monoisotopic (exact) mass is 241 g/mol. The Labute approximate surface area is 102 Å². The van der Waals surface area contributed by atoms with Gasteiger partial charge in [-0.15, -0.1) is 0 Å². The number of hydrogen-bond donors (Lipinski definition) is 0. The highest BCUT2D eigenvalue weighted by Crippen LogP contribution is 1.93. The van der Waals surface area contributed by atoms with E-state index in [2.05, 4.69) is 12.6 Å². The third-order valence-electron chi connectivity index (χ3n) is 1.77. The summed E-state index contributed by atoms with van der Waals surface area (Å²) in [5, 5.41) is 8.49. The second-order valence-corrected chi connectivity index (χ2v) is 3.63. The highest BCUT2D eigenvalue weighted by atomic mass is 16.6. The maximum Gasteiger partial charge on any atom is 0.333 e. The van der Waals surface area contributed by atoms with Crippen LogP contribution in [0.3, 0.4) is 0 Å². The molecule has 1 unspecified atom stereocenters. The quantitative estimate of drug-likeness (QED) is 0.346. The van der Waals surface area contributed by atoms with Gasteiger partial charge < -0.3 is 14.2 Å². The van der Waals surface area contributed by atoms with E-state index in [1.165, 1.54) is 0 Å². The van der Waals surface area contributed by atoms with Gasteiger partial charge in [-0.3, -0.25) is 0 Å². The zero-order valence-corrected chi connectivity index (χ0v) is 10.4. The van der Waals surface area contributed by atoms with E-state index in [1.54, 1.807) is 13.8 Å². The Kier molecular flexibility index (Phi) is 9.02. The highest BCUT2D eigenvalue weighted by Gasteiger charge is 2.02. The van der Waals surface area contributed by atoms with Crippen LogP contribution in [0.5, 0.6) is 0 Å². The lowest BCUT2D eigenvalue weighted by Crippen LogP contribution is -2.14. The molecule has 0 aromatic carbocycles. The Bertz CT molecular complexity index is 283. The third-order valence-corrected chi connectivity index (χ3v) is 1.77. The van der Waals surface area contributed by atoms with Crippen molar-refractivity contribution < 1.29 is 19.0 Å². The van der Waals surface area contributed by atoms with Crippen molar-refractivity contribution in [3.63, 3.8) is 0 Å². The van der Waals surface area contributed by atoms with Gasteiger partial charge in [0.2, 0.25) is 0 Å². The number of esters is 1. The molecule has 0 bridgehead atoms. The summed E-state index contributed by atoms with van der Waals surface area (Å²) in [6.07, 6.45) is 0. The van der Waals surface area contributed by atoms with Crippen LogP contribution >= 0.6 is 0 Å². The molecule has 0 N–H and O–H groups in total. The molecule has 0 aromatic heterocycles.